The molecule has 0 rings (SSSR count). The van der Waals surface area contributed by atoms with Gasteiger partial charge < -0.3 is 0 Å². The van der Waals surface area contributed by atoms with E-state index in [0.29, 0.717) is 0 Å². The van der Waals surface area contributed by atoms with Crippen LogP contribution in [0.5, 0.6) is 0 Å². The number of rotatable bonds is 1. The van der Waals surface area contributed by atoms with Crippen LogP contribution in [0.15, 0.2) is 0 Å². The van der Waals surface area contributed by atoms with Gasteiger partial charge in [-0.3, -0.25) is 53.5 Å². The third kappa shape index (κ3) is 1810. The second-order valence-electron chi connectivity index (χ2n) is 3.24. The molecule has 0 unspecified atom stereocenters. The summed E-state index contributed by atoms with van der Waals surface area (Å²) in [6, 6.07) is 0. The third-order valence-electron chi connectivity index (χ3n) is 0.365. The van der Waals surface area contributed by atoms with Crippen LogP contribution in [0.3, 0.4) is 0 Å². The van der Waals surface area contributed by atoms with Crippen LogP contribution in [0.4, 0.5) is 21.0 Å². The Labute approximate surface area is 187 Å². The Morgan fingerprint density at radius 3 is 0.562 bits per heavy atom. The summed E-state index contributed by atoms with van der Waals surface area (Å²) >= 11 is 0. The van der Waals surface area contributed by atoms with Crippen LogP contribution in [0.25, 0.3) is 0 Å². The summed E-state index contributed by atoms with van der Waals surface area (Å²) in [6.07, 6.45) is 0. The van der Waals surface area contributed by atoms with Crippen LogP contribution in [0.2, 0.25) is 0 Å². The van der Waals surface area contributed by atoms with Crippen LogP contribution in [0.1, 0.15) is 6.92 Å². The van der Waals surface area contributed by atoms with E-state index in [0.717, 1.165) is 0 Å². The van der Waals surface area contributed by atoms with E-state index in [4.69, 9.17) is 76.3 Å². The SMILES string of the molecule is CCS(=O)(=O)O.O=P(O)(O)F.O=P(O)(O)F.O=P(O)(O)F.O=P(O)(O)F.O=P(O)(O)F.[LiH]. The van der Waals surface area contributed by atoms with Crippen LogP contribution >= 0.6 is 39.5 Å². The van der Waals surface area contributed by atoms with Gasteiger partial charge in [-0.15, -0.1) is 21.0 Å². The van der Waals surface area contributed by atoms with Crippen molar-refractivity contribution >= 4 is 68.5 Å². The normalized spacial score (nSPS) is 11.4. The maximum absolute atomic E-state index is 10.4. The predicted octanol–water partition coefficient (Wildman–Crippen LogP) is -0.511. The topological polar surface area (TPSA) is 342 Å². The second-order valence-corrected chi connectivity index (χ2v) is 9.71. The van der Waals surface area contributed by atoms with Gasteiger partial charge in [-0.1, -0.05) is 0 Å². The van der Waals surface area contributed by atoms with Crippen molar-refractivity contribution in [3.8, 4) is 0 Å². The molecule has 200 valence electrons. The summed E-state index contributed by atoms with van der Waals surface area (Å²) < 4.78 is 122. The fraction of sp³-hybridized carbons (Fsp3) is 1.00. The molecule has 0 radical (unpaired) electrons. The zero-order valence-corrected chi connectivity index (χ0v) is 19.3. The summed E-state index contributed by atoms with van der Waals surface area (Å²) in [4.78, 5) is 69.7. The first-order valence-electron chi connectivity index (χ1n) is 5.27. The predicted molar refractivity (Wildman–Crippen MR) is 95.0 cm³/mol. The molecule has 0 aliphatic carbocycles. The van der Waals surface area contributed by atoms with Crippen molar-refractivity contribution in [1.82, 2.24) is 0 Å². The Morgan fingerprint density at radius 1 is 0.531 bits per heavy atom. The third-order valence-corrected chi connectivity index (χ3v) is 1.09. The standard InChI is InChI=1S/C2H6O3S.5FH2O3P.Li.H/c1-2-6(3,4)5;5*1-5(2,3)4;;/h2H2,1H3,(H,3,4,5);5*(H2,2,3,4);;. The Bertz CT molecular complexity index is 614. The monoisotopic (exact) mass is 618 g/mol. The van der Waals surface area contributed by atoms with Gasteiger partial charge in [0.1, 0.15) is 0 Å². The molecule has 11 N–H and O–H groups in total. The van der Waals surface area contributed by atoms with Gasteiger partial charge in [0.05, 0.1) is 5.75 Å². The van der Waals surface area contributed by atoms with Crippen LogP contribution < -0.4 is 0 Å². The van der Waals surface area contributed by atoms with Crippen LogP contribution in [-0.4, -0.2) is 86.5 Å². The summed E-state index contributed by atoms with van der Waals surface area (Å²) in [5, 5.41) is 0. The van der Waals surface area contributed by atoms with Crippen molar-refractivity contribution < 1.29 is 106 Å². The summed E-state index contributed by atoms with van der Waals surface area (Å²) in [6.45, 7) is 1.37. The molecule has 0 amide bonds. The maximum atomic E-state index is 10.4. The Morgan fingerprint density at radius 2 is 0.562 bits per heavy atom. The zero-order chi connectivity index (χ0) is 27.7. The summed E-state index contributed by atoms with van der Waals surface area (Å²) in [5.74, 6) is -0.201. The summed E-state index contributed by atoms with van der Waals surface area (Å²) in [5.41, 5.74) is 0. The van der Waals surface area contributed by atoms with E-state index in [2.05, 4.69) is 0 Å². The van der Waals surface area contributed by atoms with Gasteiger partial charge in [0.2, 0.25) is 0 Å². The van der Waals surface area contributed by atoms with Gasteiger partial charge in [0.25, 0.3) is 10.1 Å². The fourth-order valence-corrected chi connectivity index (χ4v) is 0. The fourth-order valence-electron chi connectivity index (χ4n) is 0. The van der Waals surface area contributed by atoms with Gasteiger partial charge in [-0.05, 0) is 6.92 Å². The Hall–Kier alpha value is 0.907. The molecule has 18 nitrogen and oxygen atoms in total. The molecule has 0 fully saturated rings. The van der Waals surface area contributed by atoms with Crippen LogP contribution in [-0.2, 0) is 32.9 Å². The molecule has 0 saturated carbocycles. The Kier molecular flexibility index (Phi) is 33.1. The van der Waals surface area contributed by atoms with Gasteiger partial charge in [-0.2, -0.15) is 8.42 Å². The van der Waals surface area contributed by atoms with E-state index < -0.39 is 49.7 Å². The number of hydrogen-bond donors (Lipinski definition) is 11. The molecule has 0 aliphatic heterocycles. The van der Waals surface area contributed by atoms with E-state index in [9.17, 15) is 29.4 Å². The molecule has 0 spiro atoms. The molecule has 0 heterocycles. The average molecular weight is 618 g/mol. The number of hydrogen-bond acceptors (Lipinski definition) is 7. The quantitative estimate of drug-likeness (QED) is 0.0762. The first kappa shape index (κ1) is 49.9. The van der Waals surface area contributed by atoms with Crippen molar-refractivity contribution in [3.05, 3.63) is 0 Å². The molecule has 0 aromatic rings. The van der Waals surface area contributed by atoms with E-state index in [1.165, 1.54) is 6.92 Å². The van der Waals surface area contributed by atoms with Crippen molar-refractivity contribution in [3.63, 3.8) is 0 Å². The van der Waals surface area contributed by atoms with Gasteiger partial charge in [0, 0.05) is 0 Å². The first-order chi connectivity index (χ1) is 12.6. The van der Waals surface area contributed by atoms with E-state index in [-0.39, 0.29) is 24.6 Å². The Balaban J connectivity index is -0.0000000467. The summed E-state index contributed by atoms with van der Waals surface area (Å²) in [7, 11) is -29.4. The molecule has 0 aromatic heterocycles. The van der Waals surface area contributed by atoms with Crippen molar-refractivity contribution in [2.75, 3.05) is 5.75 Å². The minimum absolute atomic E-state index is 0. The molecule has 0 saturated heterocycles. The molecule has 0 aliphatic rings. The minimum atomic E-state index is -5.14. The van der Waals surface area contributed by atoms with Crippen molar-refractivity contribution in [2.24, 2.45) is 0 Å². The van der Waals surface area contributed by atoms with Gasteiger partial charge in [0.15, 0.2) is 0 Å². The van der Waals surface area contributed by atoms with Gasteiger partial charge in [-0.25, -0.2) is 22.8 Å². The molecule has 30 heteroatoms. The van der Waals surface area contributed by atoms with Crippen LogP contribution in [0, 0.1) is 0 Å². The van der Waals surface area contributed by atoms with E-state index in [1.54, 1.807) is 0 Å². The molecular weight excluding hydrogens is 601 g/mol. The molecular formula is C2H17F5LiO18P5S. The average Bonchev–Trinajstić information content (AvgIpc) is 2.14. The van der Waals surface area contributed by atoms with E-state index in [1.807, 2.05) is 0 Å². The van der Waals surface area contributed by atoms with Crippen molar-refractivity contribution in [2.45, 2.75) is 6.92 Å². The zero-order valence-electron chi connectivity index (χ0n) is 14.0. The first-order valence-corrected chi connectivity index (χ1v) is 14.4. The molecule has 0 atom stereocenters. The van der Waals surface area contributed by atoms with E-state index >= 15 is 0 Å². The van der Waals surface area contributed by atoms with Gasteiger partial charge >= 0.3 is 58.4 Å². The molecule has 32 heavy (non-hydrogen) atoms. The number of halogens is 5. The molecule has 0 aromatic carbocycles. The second kappa shape index (κ2) is 21.2. The molecule has 0 bridgehead atoms. The van der Waals surface area contributed by atoms with Crippen molar-refractivity contribution in [1.29, 1.82) is 0 Å².